The normalized spacial score (nSPS) is 10.1. The second kappa shape index (κ2) is 5.57. The van der Waals surface area contributed by atoms with Gasteiger partial charge in [0.25, 0.3) is 0 Å². The Hall–Kier alpha value is -1.29. The fourth-order valence-corrected chi connectivity index (χ4v) is 3.27. The van der Waals surface area contributed by atoms with E-state index in [1.54, 1.807) is 18.2 Å². The summed E-state index contributed by atoms with van der Waals surface area (Å²) in [4.78, 5) is 2.69. The second-order valence-corrected chi connectivity index (χ2v) is 6.28. The zero-order chi connectivity index (χ0) is 13.1. The van der Waals surface area contributed by atoms with Crippen LogP contribution in [0.15, 0.2) is 27.4 Å². The van der Waals surface area contributed by atoms with Gasteiger partial charge in [0.1, 0.15) is 6.07 Å². The van der Waals surface area contributed by atoms with E-state index < -0.39 is 0 Å². The number of aromatic nitrogens is 2. The first-order valence-electron chi connectivity index (χ1n) is 4.98. The lowest BCUT2D eigenvalue weighted by Crippen LogP contribution is -2.07. The molecule has 1 aromatic heterocycles. The summed E-state index contributed by atoms with van der Waals surface area (Å²) in [6.45, 7) is 0. The van der Waals surface area contributed by atoms with Crippen molar-refractivity contribution in [2.24, 2.45) is 0 Å². The van der Waals surface area contributed by atoms with Gasteiger partial charge in [-0.25, -0.2) is 0 Å². The number of rotatable bonds is 3. The molecule has 0 radical (unpaired) electrons. The summed E-state index contributed by atoms with van der Waals surface area (Å²) in [6, 6.07) is 7.32. The highest BCUT2D eigenvalue weighted by Crippen LogP contribution is 2.35. The molecule has 7 heteroatoms. The molecular formula is C11H9ClN4S2. The maximum absolute atomic E-state index is 9.03. The molecule has 0 aliphatic rings. The standard InChI is InChI=1S/C11H9ClN4S2/c1-16(2)10-14-15-11(18-10)17-9-5-8(12)4-3-7(9)6-13/h3-5H,1-2H3. The Balaban J connectivity index is 2.28. The van der Waals surface area contributed by atoms with E-state index in [2.05, 4.69) is 16.3 Å². The van der Waals surface area contributed by atoms with Crippen molar-refractivity contribution in [3.63, 3.8) is 0 Å². The van der Waals surface area contributed by atoms with Gasteiger partial charge in [-0.3, -0.25) is 0 Å². The average Bonchev–Trinajstić information content (AvgIpc) is 2.78. The summed E-state index contributed by atoms with van der Waals surface area (Å²) in [5.74, 6) is 0. The van der Waals surface area contributed by atoms with Crippen LogP contribution in [-0.2, 0) is 0 Å². The highest BCUT2D eigenvalue weighted by atomic mass is 35.5. The van der Waals surface area contributed by atoms with Crippen molar-refractivity contribution in [1.82, 2.24) is 10.2 Å². The molecule has 0 spiro atoms. The van der Waals surface area contributed by atoms with Crippen LogP contribution in [0.5, 0.6) is 0 Å². The Morgan fingerprint density at radius 2 is 2.17 bits per heavy atom. The Morgan fingerprint density at radius 3 is 2.78 bits per heavy atom. The molecule has 0 atom stereocenters. The van der Waals surface area contributed by atoms with Crippen LogP contribution >= 0.6 is 34.7 Å². The van der Waals surface area contributed by atoms with Crippen LogP contribution in [0, 0.1) is 11.3 Å². The van der Waals surface area contributed by atoms with Gasteiger partial charge < -0.3 is 4.90 Å². The van der Waals surface area contributed by atoms with E-state index in [9.17, 15) is 0 Å². The number of hydrogen-bond acceptors (Lipinski definition) is 6. The van der Waals surface area contributed by atoms with Crippen LogP contribution in [0.2, 0.25) is 5.02 Å². The third-order valence-electron chi connectivity index (χ3n) is 2.04. The zero-order valence-corrected chi connectivity index (χ0v) is 12.1. The fourth-order valence-electron chi connectivity index (χ4n) is 1.19. The number of benzene rings is 1. The van der Waals surface area contributed by atoms with Crippen molar-refractivity contribution in [2.45, 2.75) is 9.24 Å². The predicted octanol–water partition coefficient (Wildman–Crippen LogP) is 3.28. The molecule has 0 N–H and O–H groups in total. The molecular weight excluding hydrogens is 288 g/mol. The third kappa shape index (κ3) is 2.93. The highest BCUT2D eigenvalue weighted by Gasteiger charge is 2.10. The van der Waals surface area contributed by atoms with Crippen molar-refractivity contribution >= 4 is 39.8 Å². The summed E-state index contributed by atoms with van der Waals surface area (Å²) >= 11 is 8.81. The minimum Gasteiger partial charge on any atom is -0.353 e. The molecule has 2 aromatic rings. The van der Waals surface area contributed by atoms with Crippen LogP contribution < -0.4 is 4.90 Å². The molecule has 4 nitrogen and oxygen atoms in total. The molecule has 0 aliphatic carbocycles. The minimum atomic E-state index is 0.589. The Labute approximate surface area is 118 Å². The summed E-state index contributed by atoms with van der Waals surface area (Å²) in [6.07, 6.45) is 0. The largest absolute Gasteiger partial charge is 0.353 e. The van der Waals surface area contributed by atoms with E-state index in [-0.39, 0.29) is 0 Å². The number of anilines is 1. The summed E-state index contributed by atoms with van der Waals surface area (Å²) in [5.41, 5.74) is 0.589. The first kappa shape index (κ1) is 13.1. The van der Waals surface area contributed by atoms with E-state index in [1.165, 1.54) is 23.1 Å². The van der Waals surface area contributed by atoms with Gasteiger partial charge in [0.15, 0.2) is 4.34 Å². The SMILES string of the molecule is CN(C)c1nnc(Sc2cc(Cl)ccc2C#N)s1. The molecule has 0 unspecified atom stereocenters. The molecule has 1 heterocycles. The van der Waals surface area contributed by atoms with Crippen molar-refractivity contribution in [3.8, 4) is 6.07 Å². The topological polar surface area (TPSA) is 52.8 Å². The molecule has 92 valence electrons. The third-order valence-corrected chi connectivity index (χ3v) is 4.47. The smallest absolute Gasteiger partial charge is 0.208 e. The number of halogens is 1. The Morgan fingerprint density at radius 1 is 1.39 bits per heavy atom. The van der Waals surface area contributed by atoms with Gasteiger partial charge in [-0.2, -0.15) is 5.26 Å². The van der Waals surface area contributed by atoms with Gasteiger partial charge in [-0.15, -0.1) is 10.2 Å². The number of nitriles is 1. The van der Waals surface area contributed by atoms with E-state index in [0.717, 1.165) is 14.4 Å². The Bertz CT molecular complexity index is 603. The maximum Gasteiger partial charge on any atom is 0.208 e. The van der Waals surface area contributed by atoms with Gasteiger partial charge in [0.2, 0.25) is 5.13 Å². The van der Waals surface area contributed by atoms with Gasteiger partial charge >= 0.3 is 0 Å². The molecule has 1 aromatic carbocycles. The molecule has 18 heavy (non-hydrogen) atoms. The average molecular weight is 297 g/mol. The zero-order valence-electron chi connectivity index (χ0n) is 9.72. The molecule has 0 amide bonds. The molecule has 0 aliphatic heterocycles. The lowest BCUT2D eigenvalue weighted by molar-refractivity contribution is 0.972. The van der Waals surface area contributed by atoms with E-state index in [1.807, 2.05) is 19.0 Å². The Kier molecular flexibility index (Phi) is 4.07. The van der Waals surface area contributed by atoms with Crippen LogP contribution in [0.25, 0.3) is 0 Å². The molecule has 0 fully saturated rings. The maximum atomic E-state index is 9.03. The first-order valence-corrected chi connectivity index (χ1v) is 6.99. The molecule has 0 saturated carbocycles. The lowest BCUT2D eigenvalue weighted by atomic mass is 10.2. The number of nitrogens with zero attached hydrogens (tertiary/aromatic N) is 4. The molecule has 0 bridgehead atoms. The van der Waals surface area contributed by atoms with Crippen molar-refractivity contribution in [3.05, 3.63) is 28.8 Å². The quantitative estimate of drug-likeness (QED) is 0.870. The van der Waals surface area contributed by atoms with Crippen molar-refractivity contribution in [1.29, 1.82) is 5.26 Å². The van der Waals surface area contributed by atoms with Crippen LogP contribution in [0.4, 0.5) is 5.13 Å². The molecule has 2 rings (SSSR count). The predicted molar refractivity (Wildman–Crippen MR) is 74.5 cm³/mol. The van der Waals surface area contributed by atoms with E-state index in [0.29, 0.717) is 10.6 Å². The first-order chi connectivity index (χ1) is 8.60. The van der Waals surface area contributed by atoms with Crippen LogP contribution in [0.1, 0.15) is 5.56 Å². The summed E-state index contributed by atoms with van der Waals surface area (Å²) in [5, 5.41) is 18.6. The van der Waals surface area contributed by atoms with Gasteiger partial charge in [-0.1, -0.05) is 34.7 Å². The van der Waals surface area contributed by atoms with Gasteiger partial charge in [-0.05, 0) is 18.2 Å². The van der Waals surface area contributed by atoms with Crippen molar-refractivity contribution in [2.75, 3.05) is 19.0 Å². The number of hydrogen-bond donors (Lipinski definition) is 0. The monoisotopic (exact) mass is 296 g/mol. The minimum absolute atomic E-state index is 0.589. The lowest BCUT2D eigenvalue weighted by Gasteiger charge is -2.04. The van der Waals surface area contributed by atoms with Crippen molar-refractivity contribution < 1.29 is 0 Å². The van der Waals surface area contributed by atoms with Crippen LogP contribution in [0.3, 0.4) is 0 Å². The summed E-state index contributed by atoms with van der Waals surface area (Å²) in [7, 11) is 3.82. The van der Waals surface area contributed by atoms with Crippen LogP contribution in [-0.4, -0.2) is 24.3 Å². The highest BCUT2D eigenvalue weighted by molar-refractivity contribution is 8.01. The molecule has 0 saturated heterocycles. The fraction of sp³-hybridized carbons (Fsp3) is 0.182. The van der Waals surface area contributed by atoms with Gasteiger partial charge in [0.05, 0.1) is 5.56 Å². The van der Waals surface area contributed by atoms with Gasteiger partial charge in [0, 0.05) is 24.0 Å². The summed E-state index contributed by atoms with van der Waals surface area (Å²) < 4.78 is 0.789. The second-order valence-electron chi connectivity index (χ2n) is 3.60. The van der Waals surface area contributed by atoms with E-state index >= 15 is 0 Å². The van der Waals surface area contributed by atoms with E-state index in [4.69, 9.17) is 16.9 Å².